The average molecular weight is 306 g/mol. The van der Waals surface area contributed by atoms with Crippen molar-refractivity contribution in [3.8, 4) is 0 Å². The van der Waals surface area contributed by atoms with Gasteiger partial charge in [0, 0.05) is 19.7 Å². The van der Waals surface area contributed by atoms with E-state index in [1.807, 2.05) is 0 Å². The van der Waals surface area contributed by atoms with E-state index in [4.69, 9.17) is 4.74 Å². The molecule has 2 N–H and O–H groups in total. The minimum Gasteiger partial charge on any atom is -0.381 e. The third-order valence-corrected chi connectivity index (χ3v) is 4.72. The molecule has 3 rings (SSSR count). The first-order valence-corrected chi connectivity index (χ1v) is 8.46. The molecule has 0 spiro atoms. The zero-order chi connectivity index (χ0) is 14.7. The number of nitrogens with zero attached hydrogens (tertiary/aromatic N) is 2. The Bertz CT molecular complexity index is 600. The maximum absolute atomic E-state index is 5.45. The van der Waals surface area contributed by atoms with Crippen LogP contribution in [0.3, 0.4) is 0 Å². The molecule has 0 radical (unpaired) electrons. The van der Waals surface area contributed by atoms with E-state index in [0.717, 1.165) is 54.2 Å². The fourth-order valence-electron chi connectivity index (χ4n) is 2.76. The van der Waals surface area contributed by atoms with E-state index >= 15 is 0 Å². The molecular weight excluding hydrogens is 284 g/mol. The summed E-state index contributed by atoms with van der Waals surface area (Å²) in [5, 5.41) is 10.1. The van der Waals surface area contributed by atoms with Gasteiger partial charge in [-0.2, -0.15) is 4.98 Å². The highest BCUT2D eigenvalue weighted by atomic mass is 32.1. The monoisotopic (exact) mass is 306 g/mol. The summed E-state index contributed by atoms with van der Waals surface area (Å²) >= 11 is 1.66. The van der Waals surface area contributed by atoms with Crippen molar-refractivity contribution in [3.63, 3.8) is 0 Å². The van der Waals surface area contributed by atoms with E-state index in [9.17, 15) is 0 Å². The molecule has 2 atom stereocenters. The Morgan fingerprint density at radius 2 is 2.29 bits per heavy atom. The van der Waals surface area contributed by atoms with Gasteiger partial charge in [-0.3, -0.25) is 0 Å². The summed E-state index contributed by atoms with van der Waals surface area (Å²) in [7, 11) is 1.79. The number of nitrogens with one attached hydrogen (secondary N) is 2. The topological polar surface area (TPSA) is 59.1 Å². The Labute approximate surface area is 129 Å². The summed E-state index contributed by atoms with van der Waals surface area (Å²) in [5.74, 6) is 1.66. The number of anilines is 2. The van der Waals surface area contributed by atoms with Crippen LogP contribution < -0.4 is 10.6 Å². The fourth-order valence-corrected chi connectivity index (χ4v) is 3.52. The molecule has 5 nitrogen and oxygen atoms in total. The van der Waals surface area contributed by atoms with Crippen LogP contribution in [0.15, 0.2) is 11.4 Å². The number of thiophene rings is 1. The highest BCUT2D eigenvalue weighted by Crippen LogP contribution is 2.30. The van der Waals surface area contributed by atoms with Crippen LogP contribution in [0.2, 0.25) is 0 Å². The van der Waals surface area contributed by atoms with Crippen LogP contribution in [0.4, 0.5) is 11.8 Å². The molecule has 1 aliphatic rings. The minimum absolute atomic E-state index is 0.375. The lowest BCUT2D eigenvalue weighted by atomic mass is 10.2. The third-order valence-electron chi connectivity index (χ3n) is 3.92. The number of aromatic nitrogens is 2. The molecule has 0 bridgehead atoms. The Morgan fingerprint density at radius 1 is 1.38 bits per heavy atom. The number of methoxy groups -OCH3 is 1. The van der Waals surface area contributed by atoms with Gasteiger partial charge in [0.2, 0.25) is 5.95 Å². The highest BCUT2D eigenvalue weighted by molar-refractivity contribution is 7.16. The number of ether oxygens (including phenoxy) is 1. The van der Waals surface area contributed by atoms with Gasteiger partial charge < -0.3 is 15.4 Å². The largest absolute Gasteiger partial charge is 0.381 e. The first-order chi connectivity index (χ1) is 10.3. The fraction of sp³-hybridized carbons (Fsp3) is 0.600. The predicted molar refractivity (Wildman–Crippen MR) is 88.3 cm³/mol. The first-order valence-electron chi connectivity index (χ1n) is 7.58. The van der Waals surface area contributed by atoms with Crippen LogP contribution in [0.25, 0.3) is 10.2 Å². The van der Waals surface area contributed by atoms with E-state index in [1.54, 1.807) is 18.4 Å². The Morgan fingerprint density at radius 3 is 3.05 bits per heavy atom. The normalized spacial score (nSPS) is 21.8. The van der Waals surface area contributed by atoms with Gasteiger partial charge in [0.25, 0.3) is 0 Å². The van der Waals surface area contributed by atoms with Gasteiger partial charge in [0.05, 0.1) is 11.5 Å². The molecule has 1 aliphatic carbocycles. The van der Waals surface area contributed by atoms with E-state index < -0.39 is 0 Å². The van der Waals surface area contributed by atoms with Crippen molar-refractivity contribution < 1.29 is 4.74 Å². The summed E-state index contributed by atoms with van der Waals surface area (Å²) in [6.07, 6.45) is 4.73. The maximum atomic E-state index is 5.45. The lowest BCUT2D eigenvalue weighted by Gasteiger charge is -2.15. The zero-order valence-corrected chi connectivity index (χ0v) is 13.4. The summed E-state index contributed by atoms with van der Waals surface area (Å²) in [5.41, 5.74) is 0. The Hall–Kier alpha value is -1.40. The summed E-state index contributed by atoms with van der Waals surface area (Å²) in [6, 6.07) is 2.53. The quantitative estimate of drug-likeness (QED) is 0.855. The number of fused-ring (bicyclic) bond motifs is 1. The molecule has 21 heavy (non-hydrogen) atoms. The van der Waals surface area contributed by atoms with Crippen LogP contribution in [0, 0.1) is 0 Å². The summed E-state index contributed by atoms with van der Waals surface area (Å²) in [4.78, 5) is 10.3. The van der Waals surface area contributed by atoms with Crippen LogP contribution in [-0.4, -0.2) is 35.8 Å². The molecule has 114 valence electrons. The third kappa shape index (κ3) is 3.27. The van der Waals surface area contributed by atoms with Gasteiger partial charge in [-0.05, 0) is 37.1 Å². The van der Waals surface area contributed by atoms with E-state index in [-0.39, 0.29) is 0 Å². The smallest absolute Gasteiger partial charge is 0.226 e. The second kappa shape index (κ2) is 6.58. The first kappa shape index (κ1) is 14.5. The molecule has 2 unspecified atom stereocenters. The lowest BCUT2D eigenvalue weighted by Crippen LogP contribution is -2.19. The van der Waals surface area contributed by atoms with Gasteiger partial charge in [-0.1, -0.05) is 6.92 Å². The molecule has 0 amide bonds. The van der Waals surface area contributed by atoms with Crippen molar-refractivity contribution in [2.75, 3.05) is 24.3 Å². The van der Waals surface area contributed by atoms with Crippen molar-refractivity contribution in [1.29, 1.82) is 0 Å². The van der Waals surface area contributed by atoms with Gasteiger partial charge in [-0.25, -0.2) is 4.98 Å². The zero-order valence-electron chi connectivity index (χ0n) is 12.6. The predicted octanol–water partition coefficient (Wildman–Crippen LogP) is 3.49. The maximum Gasteiger partial charge on any atom is 0.226 e. The van der Waals surface area contributed by atoms with E-state index in [0.29, 0.717) is 12.1 Å². The van der Waals surface area contributed by atoms with Gasteiger partial charge in [-0.15, -0.1) is 11.3 Å². The summed E-state index contributed by atoms with van der Waals surface area (Å²) < 4.78 is 5.45. The Balaban J connectivity index is 1.81. The Kier molecular flexibility index (Phi) is 4.55. The molecule has 2 aromatic heterocycles. The molecule has 1 fully saturated rings. The van der Waals surface area contributed by atoms with Crippen LogP contribution in [0.5, 0.6) is 0 Å². The molecule has 0 aromatic carbocycles. The van der Waals surface area contributed by atoms with Crippen molar-refractivity contribution in [2.24, 2.45) is 0 Å². The number of hydrogen-bond donors (Lipinski definition) is 2. The molecule has 0 saturated heterocycles. The second-order valence-corrected chi connectivity index (χ2v) is 6.37. The number of rotatable bonds is 6. The van der Waals surface area contributed by atoms with E-state index in [2.05, 4.69) is 39.0 Å². The minimum atomic E-state index is 0.375. The van der Waals surface area contributed by atoms with Gasteiger partial charge in [0.1, 0.15) is 10.6 Å². The summed E-state index contributed by atoms with van der Waals surface area (Å²) in [6.45, 7) is 3.03. The van der Waals surface area contributed by atoms with Crippen LogP contribution in [-0.2, 0) is 4.74 Å². The van der Waals surface area contributed by atoms with E-state index in [1.165, 1.54) is 0 Å². The molecule has 2 heterocycles. The van der Waals surface area contributed by atoms with Gasteiger partial charge in [0.15, 0.2) is 0 Å². The molecule has 1 saturated carbocycles. The lowest BCUT2D eigenvalue weighted by molar-refractivity contribution is 0.108. The van der Waals surface area contributed by atoms with Crippen molar-refractivity contribution >= 4 is 33.3 Å². The highest BCUT2D eigenvalue weighted by Gasteiger charge is 2.25. The van der Waals surface area contributed by atoms with Crippen molar-refractivity contribution in [1.82, 2.24) is 9.97 Å². The van der Waals surface area contributed by atoms with Crippen molar-refractivity contribution in [2.45, 2.75) is 44.8 Å². The molecule has 2 aromatic rings. The van der Waals surface area contributed by atoms with Crippen LogP contribution >= 0.6 is 11.3 Å². The standard InChI is InChI=1S/C15H22N4OS/c1-3-7-16-15-18-13(12-6-8-21-14(12)19-15)17-10-4-5-11(9-10)20-2/h6,8,10-11H,3-5,7,9H2,1-2H3,(H2,16,17,18,19). The second-order valence-electron chi connectivity index (χ2n) is 5.47. The SMILES string of the molecule is CCCNc1nc(NC2CCC(OC)C2)c2ccsc2n1. The molecule has 6 heteroatoms. The number of hydrogen-bond acceptors (Lipinski definition) is 6. The molecular formula is C15H22N4OS. The van der Waals surface area contributed by atoms with Crippen LogP contribution in [0.1, 0.15) is 32.6 Å². The molecule has 0 aliphatic heterocycles. The van der Waals surface area contributed by atoms with Crippen molar-refractivity contribution in [3.05, 3.63) is 11.4 Å². The average Bonchev–Trinajstić information content (AvgIpc) is 3.13. The van der Waals surface area contributed by atoms with Gasteiger partial charge >= 0.3 is 0 Å².